The minimum atomic E-state index is -2.80. The van der Waals surface area contributed by atoms with Gasteiger partial charge in [0.2, 0.25) is 0 Å². The van der Waals surface area contributed by atoms with Gasteiger partial charge in [0.1, 0.15) is 17.6 Å². The summed E-state index contributed by atoms with van der Waals surface area (Å²) in [4.78, 5) is 6.49. The third kappa shape index (κ3) is 5.54. The number of nitrogens with zero attached hydrogens (tertiary/aromatic N) is 2. The molecule has 3 aromatic rings. The third-order valence-electron chi connectivity index (χ3n) is 5.20. The molecule has 0 bridgehead atoms. The Kier molecular flexibility index (Phi) is 6.54. The molecule has 2 aromatic carbocycles. The molecule has 0 amide bonds. The fourth-order valence-corrected chi connectivity index (χ4v) is 3.74. The zero-order valence-corrected chi connectivity index (χ0v) is 16.6. The predicted molar refractivity (Wildman–Crippen MR) is 112 cm³/mol. The Balaban J connectivity index is 1.30. The zero-order valence-electron chi connectivity index (χ0n) is 16.6. The predicted octanol–water partition coefficient (Wildman–Crippen LogP) is 5.39. The van der Waals surface area contributed by atoms with Gasteiger partial charge in [-0.3, -0.25) is 9.88 Å². The van der Waals surface area contributed by atoms with Gasteiger partial charge in [-0.15, -0.1) is 0 Å². The molecule has 1 saturated heterocycles. The Morgan fingerprint density at radius 3 is 2.47 bits per heavy atom. The first-order valence-corrected chi connectivity index (χ1v) is 10.1. The van der Waals surface area contributed by atoms with Crippen molar-refractivity contribution in [1.29, 1.82) is 0 Å². The van der Waals surface area contributed by atoms with E-state index in [0.29, 0.717) is 6.54 Å². The molecule has 30 heavy (non-hydrogen) atoms. The Hall–Kier alpha value is -2.99. The SMILES string of the molecule is FC(F)Oc1cccc(CN2CCC(Oc3cccc(-c4cccnc4)c3)CC2)c1. The fraction of sp³-hybridized carbons (Fsp3) is 0.292. The van der Waals surface area contributed by atoms with Gasteiger partial charge in [0.15, 0.2) is 0 Å². The van der Waals surface area contributed by atoms with Gasteiger partial charge in [-0.1, -0.05) is 30.3 Å². The average Bonchev–Trinajstić information content (AvgIpc) is 2.76. The van der Waals surface area contributed by atoms with Gasteiger partial charge in [-0.05, 0) is 54.3 Å². The lowest BCUT2D eigenvalue weighted by Gasteiger charge is -2.32. The second kappa shape index (κ2) is 9.67. The molecule has 0 unspecified atom stereocenters. The number of piperidine rings is 1. The van der Waals surface area contributed by atoms with Crippen LogP contribution in [0.4, 0.5) is 8.78 Å². The summed E-state index contributed by atoms with van der Waals surface area (Å²) in [5, 5.41) is 0. The molecule has 0 radical (unpaired) electrons. The topological polar surface area (TPSA) is 34.6 Å². The molecule has 0 atom stereocenters. The first-order valence-electron chi connectivity index (χ1n) is 10.1. The Bertz CT molecular complexity index is 945. The summed E-state index contributed by atoms with van der Waals surface area (Å²) in [6, 6.07) is 19.0. The van der Waals surface area contributed by atoms with Gasteiger partial charge < -0.3 is 9.47 Å². The van der Waals surface area contributed by atoms with Gasteiger partial charge in [-0.25, -0.2) is 0 Å². The van der Waals surface area contributed by atoms with E-state index in [9.17, 15) is 8.78 Å². The van der Waals surface area contributed by atoms with Crippen molar-refractivity contribution < 1.29 is 18.3 Å². The molecule has 1 aromatic heterocycles. The minimum Gasteiger partial charge on any atom is -0.490 e. The number of ether oxygens (including phenoxy) is 2. The van der Waals surface area contributed by atoms with E-state index in [2.05, 4.69) is 26.8 Å². The molecule has 1 fully saturated rings. The molecule has 0 aliphatic carbocycles. The van der Waals surface area contributed by atoms with Crippen LogP contribution in [0.15, 0.2) is 73.1 Å². The number of hydrogen-bond donors (Lipinski definition) is 0. The first-order chi connectivity index (χ1) is 14.7. The van der Waals surface area contributed by atoms with Crippen LogP contribution >= 0.6 is 0 Å². The zero-order chi connectivity index (χ0) is 20.8. The second-order valence-corrected chi connectivity index (χ2v) is 7.39. The highest BCUT2D eigenvalue weighted by atomic mass is 19.3. The van der Waals surface area contributed by atoms with Crippen molar-refractivity contribution in [3.05, 3.63) is 78.6 Å². The molecule has 2 heterocycles. The molecule has 156 valence electrons. The highest BCUT2D eigenvalue weighted by Crippen LogP contribution is 2.26. The molecule has 6 heteroatoms. The van der Waals surface area contributed by atoms with Crippen LogP contribution in [0.25, 0.3) is 11.1 Å². The number of pyridine rings is 1. The molecule has 4 rings (SSSR count). The van der Waals surface area contributed by atoms with Gasteiger partial charge in [0, 0.05) is 37.6 Å². The molecule has 4 nitrogen and oxygen atoms in total. The average molecular weight is 410 g/mol. The molecule has 0 spiro atoms. The number of likely N-dealkylation sites (tertiary alicyclic amines) is 1. The van der Waals surface area contributed by atoms with Crippen LogP contribution in [0.2, 0.25) is 0 Å². The molecule has 0 N–H and O–H groups in total. The molecule has 0 saturated carbocycles. The summed E-state index contributed by atoms with van der Waals surface area (Å²) in [7, 11) is 0. The van der Waals surface area contributed by atoms with Gasteiger partial charge in [-0.2, -0.15) is 8.78 Å². The molecule has 1 aliphatic heterocycles. The fourth-order valence-electron chi connectivity index (χ4n) is 3.74. The van der Waals surface area contributed by atoms with Gasteiger partial charge in [0.25, 0.3) is 0 Å². The van der Waals surface area contributed by atoms with Crippen molar-refractivity contribution in [2.75, 3.05) is 13.1 Å². The Morgan fingerprint density at radius 2 is 1.70 bits per heavy atom. The lowest BCUT2D eigenvalue weighted by Crippen LogP contribution is -2.37. The van der Waals surface area contributed by atoms with E-state index in [-0.39, 0.29) is 11.9 Å². The van der Waals surface area contributed by atoms with Crippen molar-refractivity contribution in [2.24, 2.45) is 0 Å². The number of halogens is 2. The van der Waals surface area contributed by atoms with E-state index >= 15 is 0 Å². The number of alkyl halides is 2. The Morgan fingerprint density at radius 1 is 0.933 bits per heavy atom. The van der Waals surface area contributed by atoms with Crippen LogP contribution in [0.1, 0.15) is 18.4 Å². The number of benzene rings is 2. The van der Waals surface area contributed by atoms with Crippen molar-refractivity contribution in [1.82, 2.24) is 9.88 Å². The van der Waals surface area contributed by atoms with E-state index in [1.807, 2.05) is 36.5 Å². The summed E-state index contributed by atoms with van der Waals surface area (Å²) in [6.45, 7) is -0.298. The highest BCUT2D eigenvalue weighted by molar-refractivity contribution is 5.63. The monoisotopic (exact) mass is 410 g/mol. The highest BCUT2D eigenvalue weighted by Gasteiger charge is 2.21. The summed E-state index contributed by atoms with van der Waals surface area (Å²) >= 11 is 0. The summed E-state index contributed by atoms with van der Waals surface area (Å²) < 4.78 is 35.5. The maximum absolute atomic E-state index is 12.4. The van der Waals surface area contributed by atoms with Crippen LogP contribution < -0.4 is 9.47 Å². The van der Waals surface area contributed by atoms with E-state index in [0.717, 1.165) is 48.4 Å². The maximum Gasteiger partial charge on any atom is 0.387 e. The standard InChI is InChI=1S/C24H24F2N2O2/c25-24(26)30-22-7-1-4-18(14-22)17-28-12-9-21(10-13-28)29-23-8-2-5-19(15-23)20-6-3-11-27-16-20/h1-8,11,14-16,21,24H,9-10,12-13,17H2. The summed E-state index contributed by atoms with van der Waals surface area (Å²) in [5.74, 6) is 1.07. The molecular weight excluding hydrogens is 386 g/mol. The van der Waals surface area contributed by atoms with E-state index in [4.69, 9.17) is 4.74 Å². The largest absolute Gasteiger partial charge is 0.490 e. The Labute approximate surface area is 175 Å². The van der Waals surface area contributed by atoms with Crippen LogP contribution in [0.3, 0.4) is 0 Å². The van der Waals surface area contributed by atoms with Crippen molar-refractivity contribution in [2.45, 2.75) is 32.1 Å². The van der Waals surface area contributed by atoms with Crippen LogP contribution in [0.5, 0.6) is 11.5 Å². The molecular formula is C24H24F2N2O2. The van der Waals surface area contributed by atoms with Gasteiger partial charge >= 0.3 is 6.61 Å². The quantitative estimate of drug-likeness (QED) is 0.523. The number of aromatic nitrogens is 1. The van der Waals surface area contributed by atoms with E-state index < -0.39 is 6.61 Å². The second-order valence-electron chi connectivity index (χ2n) is 7.39. The van der Waals surface area contributed by atoms with Crippen molar-refractivity contribution in [3.8, 4) is 22.6 Å². The molecule has 1 aliphatic rings. The number of hydrogen-bond acceptors (Lipinski definition) is 4. The lowest BCUT2D eigenvalue weighted by molar-refractivity contribution is -0.0499. The summed E-state index contributed by atoms with van der Waals surface area (Å²) in [5.41, 5.74) is 3.12. The van der Waals surface area contributed by atoms with E-state index in [1.165, 1.54) is 0 Å². The van der Waals surface area contributed by atoms with Crippen LogP contribution in [-0.4, -0.2) is 35.7 Å². The smallest absolute Gasteiger partial charge is 0.387 e. The van der Waals surface area contributed by atoms with Crippen LogP contribution in [-0.2, 0) is 6.54 Å². The lowest BCUT2D eigenvalue weighted by atomic mass is 10.1. The maximum atomic E-state index is 12.4. The summed E-state index contributed by atoms with van der Waals surface area (Å²) in [6.07, 6.45) is 5.62. The minimum absolute atomic E-state index is 0.166. The van der Waals surface area contributed by atoms with Crippen molar-refractivity contribution >= 4 is 0 Å². The first kappa shape index (κ1) is 20.3. The van der Waals surface area contributed by atoms with Crippen LogP contribution in [0, 0.1) is 0 Å². The normalized spacial score (nSPS) is 15.3. The third-order valence-corrected chi connectivity index (χ3v) is 5.20. The van der Waals surface area contributed by atoms with Gasteiger partial charge in [0.05, 0.1) is 0 Å². The number of rotatable bonds is 7. The van der Waals surface area contributed by atoms with E-state index in [1.54, 1.807) is 24.4 Å². The van der Waals surface area contributed by atoms with Crippen molar-refractivity contribution in [3.63, 3.8) is 0 Å².